The molecule has 1 aromatic carbocycles. The summed E-state index contributed by atoms with van der Waals surface area (Å²) in [4.78, 5) is 19.6. The van der Waals surface area contributed by atoms with Crippen molar-refractivity contribution in [3.8, 4) is 0 Å². The number of halogens is 1. The second-order valence-corrected chi connectivity index (χ2v) is 5.66. The van der Waals surface area contributed by atoms with Crippen LogP contribution in [0.2, 0.25) is 0 Å². The maximum Gasteiger partial charge on any atom is 0.251 e. The molecule has 112 valence electrons. The molecule has 0 radical (unpaired) electrons. The van der Waals surface area contributed by atoms with Crippen LogP contribution >= 0.6 is 11.8 Å². The fourth-order valence-corrected chi connectivity index (χ4v) is 2.63. The standard InChI is InChI=1S/C15H18FN3OS/c1-2-6-17-9-12-8-15(20)19-14(18-12)10-21-13-5-3-4-11(16)7-13/h3-5,7-8,17H,2,6,9-10H2,1H3,(H,18,19,20). The number of thioether (sulfide) groups is 1. The number of aromatic nitrogens is 2. The molecule has 0 aliphatic heterocycles. The zero-order chi connectivity index (χ0) is 15.1. The lowest BCUT2D eigenvalue weighted by atomic mass is 10.3. The van der Waals surface area contributed by atoms with Crippen molar-refractivity contribution in [2.24, 2.45) is 0 Å². The van der Waals surface area contributed by atoms with Gasteiger partial charge in [-0.1, -0.05) is 13.0 Å². The molecular weight excluding hydrogens is 289 g/mol. The number of nitrogens with zero attached hydrogens (tertiary/aromatic N) is 1. The predicted molar refractivity (Wildman–Crippen MR) is 82.8 cm³/mol. The first-order valence-corrected chi connectivity index (χ1v) is 7.84. The number of rotatable bonds is 7. The number of H-pyrrole nitrogens is 1. The lowest BCUT2D eigenvalue weighted by Gasteiger charge is -2.05. The first kappa shape index (κ1) is 15.7. The van der Waals surface area contributed by atoms with E-state index in [1.54, 1.807) is 6.07 Å². The predicted octanol–water partition coefficient (Wildman–Crippen LogP) is 2.70. The molecule has 6 heteroatoms. The Morgan fingerprint density at radius 2 is 2.24 bits per heavy atom. The Balaban J connectivity index is 2.00. The molecule has 0 bridgehead atoms. The summed E-state index contributed by atoms with van der Waals surface area (Å²) in [7, 11) is 0. The smallest absolute Gasteiger partial charge is 0.251 e. The Hall–Kier alpha value is -1.66. The van der Waals surface area contributed by atoms with Crippen LogP contribution < -0.4 is 10.9 Å². The van der Waals surface area contributed by atoms with E-state index in [2.05, 4.69) is 22.2 Å². The first-order valence-electron chi connectivity index (χ1n) is 6.85. The minimum absolute atomic E-state index is 0.159. The van der Waals surface area contributed by atoms with E-state index in [9.17, 15) is 9.18 Å². The van der Waals surface area contributed by atoms with Crippen LogP contribution in [0.4, 0.5) is 4.39 Å². The Bertz CT molecular complexity index is 645. The van der Waals surface area contributed by atoms with E-state index in [0.717, 1.165) is 23.6 Å². The number of nitrogens with one attached hydrogen (secondary N) is 2. The van der Waals surface area contributed by atoms with Crippen molar-refractivity contribution in [3.63, 3.8) is 0 Å². The highest BCUT2D eigenvalue weighted by Crippen LogP contribution is 2.21. The molecular formula is C15H18FN3OS. The highest BCUT2D eigenvalue weighted by atomic mass is 32.2. The van der Waals surface area contributed by atoms with Crippen LogP contribution in [-0.4, -0.2) is 16.5 Å². The lowest BCUT2D eigenvalue weighted by molar-refractivity contribution is 0.624. The lowest BCUT2D eigenvalue weighted by Crippen LogP contribution is -2.19. The van der Waals surface area contributed by atoms with E-state index in [1.165, 1.54) is 30.0 Å². The number of benzene rings is 1. The van der Waals surface area contributed by atoms with Crippen molar-refractivity contribution in [2.75, 3.05) is 6.54 Å². The molecule has 0 atom stereocenters. The Kier molecular flexibility index (Phi) is 5.95. The van der Waals surface area contributed by atoms with Crippen molar-refractivity contribution >= 4 is 11.8 Å². The molecule has 0 amide bonds. The number of aromatic amines is 1. The molecule has 0 fully saturated rings. The van der Waals surface area contributed by atoms with Crippen molar-refractivity contribution in [3.05, 3.63) is 58.0 Å². The summed E-state index contributed by atoms with van der Waals surface area (Å²) in [6.07, 6.45) is 1.03. The molecule has 4 nitrogen and oxygen atoms in total. The monoisotopic (exact) mass is 307 g/mol. The fourth-order valence-electron chi connectivity index (χ4n) is 1.82. The van der Waals surface area contributed by atoms with Gasteiger partial charge in [0.1, 0.15) is 11.6 Å². The summed E-state index contributed by atoms with van der Waals surface area (Å²) in [6, 6.07) is 7.87. The fraction of sp³-hybridized carbons (Fsp3) is 0.333. The molecule has 2 N–H and O–H groups in total. The Morgan fingerprint density at radius 3 is 3.00 bits per heavy atom. The van der Waals surface area contributed by atoms with E-state index < -0.39 is 0 Å². The van der Waals surface area contributed by atoms with Gasteiger partial charge in [-0.05, 0) is 31.2 Å². The van der Waals surface area contributed by atoms with Crippen LogP contribution in [0.25, 0.3) is 0 Å². The second-order valence-electron chi connectivity index (χ2n) is 4.61. The molecule has 1 heterocycles. The van der Waals surface area contributed by atoms with Gasteiger partial charge in [0, 0.05) is 17.5 Å². The Labute approximate surface area is 127 Å². The van der Waals surface area contributed by atoms with Crippen molar-refractivity contribution in [1.29, 1.82) is 0 Å². The van der Waals surface area contributed by atoms with Crippen LogP contribution in [-0.2, 0) is 12.3 Å². The van der Waals surface area contributed by atoms with Gasteiger partial charge in [-0.25, -0.2) is 9.37 Å². The zero-order valence-corrected chi connectivity index (χ0v) is 12.7. The van der Waals surface area contributed by atoms with Gasteiger partial charge < -0.3 is 10.3 Å². The van der Waals surface area contributed by atoms with E-state index in [1.807, 2.05) is 6.07 Å². The molecule has 0 unspecified atom stereocenters. The summed E-state index contributed by atoms with van der Waals surface area (Å²) in [5, 5.41) is 3.22. The van der Waals surface area contributed by atoms with Gasteiger partial charge in [0.15, 0.2) is 0 Å². The van der Waals surface area contributed by atoms with Gasteiger partial charge in [-0.2, -0.15) is 0 Å². The summed E-state index contributed by atoms with van der Waals surface area (Å²) in [6.45, 7) is 3.55. The van der Waals surface area contributed by atoms with E-state index >= 15 is 0 Å². The van der Waals surface area contributed by atoms with Gasteiger partial charge in [0.25, 0.3) is 5.56 Å². The normalized spacial score (nSPS) is 10.8. The van der Waals surface area contributed by atoms with Crippen LogP contribution in [0.3, 0.4) is 0 Å². The van der Waals surface area contributed by atoms with Crippen LogP contribution in [0.5, 0.6) is 0 Å². The third-order valence-electron chi connectivity index (χ3n) is 2.75. The minimum atomic E-state index is -0.265. The topological polar surface area (TPSA) is 57.8 Å². The zero-order valence-electron chi connectivity index (χ0n) is 11.9. The first-order chi connectivity index (χ1) is 10.2. The average Bonchev–Trinajstić information content (AvgIpc) is 2.45. The van der Waals surface area contributed by atoms with Crippen molar-refractivity contribution in [2.45, 2.75) is 30.5 Å². The van der Waals surface area contributed by atoms with Crippen LogP contribution in [0.15, 0.2) is 40.0 Å². The molecule has 2 rings (SSSR count). The summed E-state index contributed by atoms with van der Waals surface area (Å²) >= 11 is 1.44. The molecule has 0 spiro atoms. The molecule has 2 aromatic rings. The van der Waals surface area contributed by atoms with Crippen LogP contribution in [0, 0.1) is 5.82 Å². The Morgan fingerprint density at radius 1 is 1.38 bits per heavy atom. The van der Waals surface area contributed by atoms with Gasteiger partial charge in [0.05, 0.1) is 11.4 Å². The highest BCUT2D eigenvalue weighted by Gasteiger charge is 2.03. The third-order valence-corrected chi connectivity index (χ3v) is 3.75. The quantitative estimate of drug-likeness (QED) is 0.610. The summed E-state index contributed by atoms with van der Waals surface area (Å²) in [5.74, 6) is 0.837. The van der Waals surface area contributed by atoms with E-state index in [4.69, 9.17) is 0 Å². The number of hydrogen-bond acceptors (Lipinski definition) is 4. The van der Waals surface area contributed by atoms with Crippen molar-refractivity contribution in [1.82, 2.24) is 15.3 Å². The molecule has 0 aliphatic carbocycles. The average molecular weight is 307 g/mol. The second kappa shape index (κ2) is 7.95. The van der Waals surface area contributed by atoms with Gasteiger partial charge >= 0.3 is 0 Å². The third kappa shape index (κ3) is 5.32. The van der Waals surface area contributed by atoms with Crippen LogP contribution in [0.1, 0.15) is 24.9 Å². The van der Waals surface area contributed by atoms with Gasteiger partial charge in [-0.15, -0.1) is 11.8 Å². The SMILES string of the molecule is CCCNCc1cc(=O)[nH]c(CSc2cccc(F)c2)n1. The van der Waals surface area contributed by atoms with Gasteiger partial charge in [0.2, 0.25) is 0 Å². The molecule has 21 heavy (non-hydrogen) atoms. The molecule has 1 aromatic heterocycles. The maximum atomic E-state index is 13.1. The van der Waals surface area contributed by atoms with Crippen molar-refractivity contribution < 1.29 is 4.39 Å². The largest absolute Gasteiger partial charge is 0.311 e. The molecule has 0 aliphatic rings. The van der Waals surface area contributed by atoms with E-state index in [0.29, 0.717) is 18.1 Å². The summed E-state index contributed by atoms with van der Waals surface area (Å²) < 4.78 is 13.1. The number of hydrogen-bond donors (Lipinski definition) is 2. The molecule has 0 saturated heterocycles. The summed E-state index contributed by atoms with van der Waals surface area (Å²) in [5.41, 5.74) is 0.565. The maximum absolute atomic E-state index is 13.1. The minimum Gasteiger partial charge on any atom is -0.311 e. The van der Waals surface area contributed by atoms with Gasteiger partial charge in [-0.3, -0.25) is 4.79 Å². The molecule has 0 saturated carbocycles. The highest BCUT2D eigenvalue weighted by molar-refractivity contribution is 7.98. The van der Waals surface area contributed by atoms with E-state index in [-0.39, 0.29) is 11.4 Å².